The predicted octanol–water partition coefficient (Wildman–Crippen LogP) is 3.16. The van der Waals surface area contributed by atoms with E-state index in [9.17, 15) is 24.3 Å². The maximum atomic E-state index is 14.0. The minimum atomic E-state index is -1.59. The highest BCUT2D eigenvalue weighted by Crippen LogP contribution is 2.41. The van der Waals surface area contributed by atoms with Gasteiger partial charge in [0.15, 0.2) is 18.4 Å². The summed E-state index contributed by atoms with van der Waals surface area (Å²) in [5.74, 6) is -2.24. The van der Waals surface area contributed by atoms with Crippen LogP contribution in [0.1, 0.15) is 37.5 Å². The van der Waals surface area contributed by atoms with Crippen molar-refractivity contribution in [3.63, 3.8) is 0 Å². The van der Waals surface area contributed by atoms with Gasteiger partial charge in [0.25, 0.3) is 0 Å². The number of imide groups is 1. The average Bonchev–Trinajstić information content (AvgIpc) is 3.09. The van der Waals surface area contributed by atoms with Crippen molar-refractivity contribution in [3.8, 4) is 0 Å². The number of piperazine rings is 1. The molecule has 3 amide bonds. The van der Waals surface area contributed by atoms with Crippen LogP contribution in [-0.2, 0) is 38.9 Å². The molecule has 2 saturated heterocycles. The third-order valence-electron chi connectivity index (χ3n) is 8.82. The van der Waals surface area contributed by atoms with E-state index in [1.54, 1.807) is 0 Å². The molecule has 49 heavy (non-hydrogen) atoms. The molecule has 2 fully saturated rings. The number of ether oxygens (including phenoxy) is 4. The Bertz CT molecular complexity index is 1490. The van der Waals surface area contributed by atoms with Gasteiger partial charge < -0.3 is 33.9 Å². The first kappa shape index (κ1) is 35.7. The Morgan fingerprint density at radius 3 is 1.63 bits per heavy atom. The normalized spacial score (nSPS) is 23.0. The average molecular weight is 674 g/mol. The number of aliphatic hydroxyl groups is 1. The Hall–Kier alpha value is -4.62. The van der Waals surface area contributed by atoms with Crippen LogP contribution < -0.4 is 0 Å². The maximum absolute atomic E-state index is 14.0. The van der Waals surface area contributed by atoms with Gasteiger partial charge in [-0.2, -0.15) is 0 Å². The summed E-state index contributed by atoms with van der Waals surface area (Å²) in [5, 5.41) is 11.7. The lowest BCUT2D eigenvalue weighted by atomic mass is 9.80. The number of carbonyl (C=O) groups excluding carboxylic acids is 4. The van der Waals surface area contributed by atoms with E-state index < -0.39 is 60.1 Å². The highest BCUT2D eigenvalue weighted by Gasteiger charge is 2.54. The number of nitrogens with zero attached hydrogens (tertiary/aromatic N) is 3. The van der Waals surface area contributed by atoms with Crippen LogP contribution in [0.5, 0.6) is 0 Å². The molecule has 0 bridgehead atoms. The topological polar surface area (TPSA) is 135 Å². The quantitative estimate of drug-likeness (QED) is 0.267. The lowest BCUT2D eigenvalue weighted by molar-refractivity contribution is -0.271. The van der Waals surface area contributed by atoms with Crippen molar-refractivity contribution in [2.24, 2.45) is 0 Å². The molecule has 5 atom stereocenters. The van der Waals surface area contributed by atoms with Gasteiger partial charge in [0.1, 0.15) is 17.8 Å². The predicted molar refractivity (Wildman–Crippen MR) is 178 cm³/mol. The molecule has 2 aliphatic rings. The van der Waals surface area contributed by atoms with E-state index in [0.29, 0.717) is 26.2 Å². The van der Waals surface area contributed by atoms with E-state index in [2.05, 4.69) is 4.90 Å². The second-order valence-electron chi connectivity index (χ2n) is 12.3. The Kier molecular flexibility index (Phi) is 11.5. The van der Waals surface area contributed by atoms with Crippen LogP contribution in [0.3, 0.4) is 0 Å². The van der Waals surface area contributed by atoms with Crippen molar-refractivity contribution >= 4 is 23.9 Å². The standard InChI is InChI=1S/C37H43N3O9/c1-25(41)40(36(45)39-22-20-38(4)21-23-39)35-34(48-27(3)43)33(47-26(2)42)32(44)31(49-35)24-46-37(28-14-8-5-9-15-28,29-16-10-6-11-17-29)30-18-12-7-13-19-30/h5-19,31-35,44H,20-24H2,1-4H3/t31-,32-,33+,34+,35+/m1/s1. The van der Waals surface area contributed by atoms with Crippen molar-refractivity contribution in [1.29, 1.82) is 0 Å². The molecular formula is C37H43N3O9. The van der Waals surface area contributed by atoms with E-state index in [1.165, 1.54) is 11.8 Å². The molecule has 0 aliphatic carbocycles. The highest BCUT2D eigenvalue weighted by atomic mass is 16.6. The minimum absolute atomic E-state index is 0.296. The smallest absolute Gasteiger partial charge is 0.329 e. The molecule has 0 radical (unpaired) electrons. The van der Waals surface area contributed by atoms with Crippen LogP contribution in [0.15, 0.2) is 91.0 Å². The number of carbonyl (C=O) groups is 4. The van der Waals surface area contributed by atoms with Gasteiger partial charge >= 0.3 is 18.0 Å². The molecule has 2 heterocycles. The third-order valence-corrected chi connectivity index (χ3v) is 8.82. The van der Waals surface area contributed by atoms with Crippen LogP contribution in [0.2, 0.25) is 0 Å². The molecule has 1 N–H and O–H groups in total. The van der Waals surface area contributed by atoms with E-state index in [0.717, 1.165) is 35.4 Å². The molecule has 5 rings (SSSR count). The zero-order chi connectivity index (χ0) is 35.1. The first-order chi connectivity index (χ1) is 23.5. The van der Waals surface area contributed by atoms with Gasteiger partial charge in [-0.3, -0.25) is 14.4 Å². The van der Waals surface area contributed by atoms with Gasteiger partial charge in [-0.25, -0.2) is 9.69 Å². The van der Waals surface area contributed by atoms with Crippen molar-refractivity contribution in [2.75, 3.05) is 39.8 Å². The summed E-state index contributed by atoms with van der Waals surface area (Å²) in [4.78, 5) is 56.4. The number of likely N-dealkylation sites (N-methyl/N-ethyl adjacent to an activating group) is 1. The van der Waals surface area contributed by atoms with Gasteiger partial charge in [-0.15, -0.1) is 0 Å². The lowest BCUT2D eigenvalue weighted by Crippen LogP contribution is -2.68. The van der Waals surface area contributed by atoms with Gasteiger partial charge in [0.05, 0.1) is 6.61 Å². The molecule has 260 valence electrons. The van der Waals surface area contributed by atoms with Crippen LogP contribution in [0, 0.1) is 0 Å². The van der Waals surface area contributed by atoms with E-state index in [1.807, 2.05) is 98.0 Å². The van der Waals surface area contributed by atoms with Crippen molar-refractivity contribution in [2.45, 2.75) is 57.0 Å². The van der Waals surface area contributed by atoms with E-state index in [-0.39, 0.29) is 6.61 Å². The fourth-order valence-corrected chi connectivity index (χ4v) is 6.44. The number of hydrogen-bond donors (Lipinski definition) is 1. The molecule has 12 heteroatoms. The van der Waals surface area contributed by atoms with Gasteiger partial charge in [0.2, 0.25) is 5.91 Å². The monoisotopic (exact) mass is 673 g/mol. The number of amides is 3. The SMILES string of the molecule is CC(=O)O[C@H]1[C@H](O)[C@@H](COC(c2ccccc2)(c2ccccc2)c2ccccc2)O[C@H](N(C(C)=O)C(=O)N2CCN(C)CC2)[C@H]1OC(C)=O. The van der Waals surface area contributed by atoms with Gasteiger partial charge in [-0.05, 0) is 23.7 Å². The second kappa shape index (κ2) is 15.7. The fraction of sp³-hybridized carbons (Fsp3) is 0.405. The zero-order valence-electron chi connectivity index (χ0n) is 28.1. The molecule has 2 aliphatic heterocycles. The zero-order valence-corrected chi connectivity index (χ0v) is 28.1. The number of rotatable bonds is 9. The first-order valence-corrected chi connectivity index (χ1v) is 16.3. The van der Waals surface area contributed by atoms with E-state index in [4.69, 9.17) is 18.9 Å². The Morgan fingerprint density at radius 2 is 1.20 bits per heavy atom. The summed E-state index contributed by atoms with van der Waals surface area (Å²) in [6, 6.07) is 28.0. The van der Waals surface area contributed by atoms with Crippen molar-refractivity contribution in [3.05, 3.63) is 108 Å². The van der Waals surface area contributed by atoms with Crippen LogP contribution in [0.25, 0.3) is 0 Å². The van der Waals surface area contributed by atoms with Crippen LogP contribution >= 0.6 is 0 Å². The Morgan fingerprint density at radius 1 is 0.755 bits per heavy atom. The maximum Gasteiger partial charge on any atom is 0.329 e. The van der Waals surface area contributed by atoms with Crippen molar-refractivity contribution < 1.29 is 43.2 Å². The summed E-state index contributed by atoms with van der Waals surface area (Å²) in [5.41, 5.74) is 1.17. The Labute approximate surface area is 286 Å². The third kappa shape index (κ3) is 7.83. The molecule has 3 aromatic carbocycles. The molecule has 0 spiro atoms. The van der Waals surface area contributed by atoms with Crippen LogP contribution in [0.4, 0.5) is 4.79 Å². The fourth-order valence-electron chi connectivity index (χ4n) is 6.44. The molecule has 0 aromatic heterocycles. The minimum Gasteiger partial charge on any atom is -0.456 e. The summed E-state index contributed by atoms with van der Waals surface area (Å²) >= 11 is 0. The molecule has 0 unspecified atom stereocenters. The molecule has 12 nitrogen and oxygen atoms in total. The molecule has 3 aromatic rings. The van der Waals surface area contributed by atoms with Gasteiger partial charge in [0, 0.05) is 47.0 Å². The first-order valence-electron chi connectivity index (χ1n) is 16.3. The van der Waals surface area contributed by atoms with E-state index >= 15 is 0 Å². The highest BCUT2D eigenvalue weighted by molar-refractivity contribution is 5.93. The van der Waals surface area contributed by atoms with Crippen molar-refractivity contribution in [1.82, 2.24) is 14.7 Å². The number of benzene rings is 3. The second-order valence-corrected chi connectivity index (χ2v) is 12.3. The number of hydrogen-bond acceptors (Lipinski definition) is 10. The summed E-state index contributed by atoms with van der Waals surface area (Å²) in [6.07, 6.45) is -7.45. The van der Waals surface area contributed by atoms with Gasteiger partial charge in [-0.1, -0.05) is 91.0 Å². The Balaban J connectivity index is 1.58. The number of urea groups is 1. The summed E-state index contributed by atoms with van der Waals surface area (Å²) < 4.78 is 24.4. The summed E-state index contributed by atoms with van der Waals surface area (Å²) in [6.45, 7) is 5.06. The van der Waals surface area contributed by atoms with Crippen LogP contribution in [-0.4, -0.2) is 114 Å². The molecule has 0 saturated carbocycles. The number of esters is 2. The molecular weight excluding hydrogens is 630 g/mol. The summed E-state index contributed by atoms with van der Waals surface area (Å²) in [7, 11) is 1.93. The largest absolute Gasteiger partial charge is 0.456 e. The number of aliphatic hydroxyl groups excluding tert-OH is 1. The lowest BCUT2D eigenvalue weighted by Gasteiger charge is -2.48.